The summed E-state index contributed by atoms with van der Waals surface area (Å²) in [6.07, 6.45) is 14.9. The van der Waals surface area contributed by atoms with Crippen LogP contribution in [0.1, 0.15) is 96.8 Å². The number of allylic oxidation sites excluding steroid dienone is 4. The number of hydrogen-bond donors (Lipinski definition) is 4. The fourth-order valence-corrected chi connectivity index (χ4v) is 8.94. The largest absolute Gasteiger partial charge is 0.453 e. The summed E-state index contributed by atoms with van der Waals surface area (Å²) in [4.78, 5) is 70.5. The Balaban J connectivity index is 1.11. The SMILES string of the molecule is COC(=O)N[C@@H](C)C(=O)N1CCC[C@H]1c1ncc(C2(c3cnc([C@H]4CC(=O)C5c6c(ccn6C4)CC[C@@H]5NC(=O)OC)[nH]3)C=CC(c3ccccc3)=CC2)[nH]1. The second kappa shape index (κ2) is 14.7. The molecule has 5 heterocycles. The molecule has 4 aromatic rings. The van der Waals surface area contributed by atoms with Gasteiger partial charge in [-0.2, -0.15) is 0 Å². The van der Waals surface area contributed by atoms with Gasteiger partial charge in [-0.1, -0.05) is 48.6 Å². The van der Waals surface area contributed by atoms with Crippen molar-refractivity contribution in [2.75, 3.05) is 20.8 Å². The molecule has 0 bridgehead atoms. The molecule has 1 saturated heterocycles. The molecule has 3 amide bonds. The summed E-state index contributed by atoms with van der Waals surface area (Å²) in [6, 6.07) is 10.9. The number of ketones is 1. The normalized spacial score (nSPS) is 25.0. The number of H-pyrrole nitrogens is 2. The number of carbonyl (C=O) groups excluding carboxylic acids is 4. The second-order valence-electron chi connectivity index (χ2n) is 15.0. The summed E-state index contributed by atoms with van der Waals surface area (Å²) in [5.74, 6) is 0.567. The molecule has 4 N–H and O–H groups in total. The lowest BCUT2D eigenvalue weighted by molar-refractivity contribution is -0.134. The molecule has 14 nitrogen and oxygen atoms in total. The molecule has 4 aliphatic rings. The van der Waals surface area contributed by atoms with Gasteiger partial charge in [0.1, 0.15) is 23.5 Å². The standard InChI is InChI=1S/C41H46N8O6/c1-24(44-39(52)54-2)38(51)49-18-7-10-30(49)37-43-22-33(47-37)41(16-13-26(14-17-41)25-8-5-4-6-9-25)32-21-42-36(46-32)28-20-31(50)34-29(45-40(53)55-3)12-11-27-15-19-48(23-28)35(27)34/h4-6,8-9,13-16,19,21-22,24,28-30,34H,7,10-12,17-18,20,23H2,1-3H3,(H,42,46)(H,43,47)(H,44,52)(H,45,53)/t24-,28-,29-,30-,34?,41?/m0/s1. The Morgan fingerprint density at radius 1 is 0.982 bits per heavy atom. The van der Waals surface area contributed by atoms with Crippen LogP contribution in [0.15, 0.2) is 73.2 Å². The first-order valence-electron chi connectivity index (χ1n) is 18.9. The van der Waals surface area contributed by atoms with Crippen molar-refractivity contribution in [3.05, 3.63) is 113 Å². The lowest BCUT2D eigenvalue weighted by Crippen LogP contribution is -2.46. The van der Waals surface area contributed by atoms with Crippen LogP contribution in [0, 0.1) is 0 Å². The average molecular weight is 747 g/mol. The molecule has 2 aliphatic carbocycles. The first kappa shape index (κ1) is 36.1. The molecule has 1 fully saturated rings. The van der Waals surface area contributed by atoms with Crippen molar-refractivity contribution in [2.24, 2.45) is 0 Å². The monoisotopic (exact) mass is 746 g/mol. The number of carbonyl (C=O) groups is 4. The molecule has 6 atom stereocenters. The number of amides is 3. The number of imidazole rings is 2. The first-order valence-corrected chi connectivity index (χ1v) is 18.9. The van der Waals surface area contributed by atoms with Gasteiger partial charge in [-0.25, -0.2) is 19.6 Å². The minimum atomic E-state index is -0.756. The molecular formula is C41H46N8O6. The highest BCUT2D eigenvalue weighted by molar-refractivity contribution is 5.89. The average Bonchev–Trinajstić information content (AvgIpc) is 4.04. The number of aromatic nitrogens is 5. The fraction of sp³-hybridized carbons (Fsp3) is 0.415. The topological polar surface area (TPSA) is 176 Å². The number of aryl methyl sites for hydroxylation is 1. The number of hydrogen-bond acceptors (Lipinski definition) is 8. The Labute approximate surface area is 318 Å². The molecule has 2 unspecified atom stereocenters. The second-order valence-corrected chi connectivity index (χ2v) is 15.0. The summed E-state index contributed by atoms with van der Waals surface area (Å²) >= 11 is 0. The number of nitrogens with one attached hydrogen (secondary N) is 4. The van der Waals surface area contributed by atoms with Gasteiger partial charge in [-0.3, -0.25) is 9.59 Å². The van der Waals surface area contributed by atoms with Gasteiger partial charge in [0.2, 0.25) is 5.91 Å². The Morgan fingerprint density at radius 2 is 1.73 bits per heavy atom. The highest BCUT2D eigenvalue weighted by Gasteiger charge is 2.43. The molecule has 0 radical (unpaired) electrons. The van der Waals surface area contributed by atoms with Gasteiger partial charge in [0.15, 0.2) is 0 Å². The number of aromatic amines is 2. The van der Waals surface area contributed by atoms with Crippen molar-refractivity contribution in [1.82, 2.24) is 40.0 Å². The maximum Gasteiger partial charge on any atom is 0.407 e. The summed E-state index contributed by atoms with van der Waals surface area (Å²) < 4.78 is 11.8. The number of alkyl carbamates (subject to hydrolysis) is 2. The molecule has 2 aliphatic heterocycles. The van der Waals surface area contributed by atoms with E-state index in [9.17, 15) is 19.2 Å². The van der Waals surface area contributed by atoms with Crippen LogP contribution in [0.25, 0.3) is 5.57 Å². The maximum absolute atomic E-state index is 14.1. The van der Waals surface area contributed by atoms with E-state index in [1.54, 1.807) is 11.8 Å². The molecule has 3 aromatic heterocycles. The molecule has 1 aromatic carbocycles. The van der Waals surface area contributed by atoms with Crippen LogP contribution in [-0.2, 0) is 37.4 Å². The van der Waals surface area contributed by atoms with Gasteiger partial charge in [0, 0.05) is 55.8 Å². The Hall–Kier alpha value is -5.92. The van der Waals surface area contributed by atoms with E-state index in [2.05, 4.69) is 61.6 Å². The highest BCUT2D eigenvalue weighted by atomic mass is 16.5. The van der Waals surface area contributed by atoms with Crippen molar-refractivity contribution < 1.29 is 28.7 Å². The molecule has 14 heteroatoms. The van der Waals surface area contributed by atoms with Crippen molar-refractivity contribution in [3.63, 3.8) is 0 Å². The summed E-state index contributed by atoms with van der Waals surface area (Å²) in [6.45, 7) is 2.77. The van der Waals surface area contributed by atoms with Gasteiger partial charge in [-0.05, 0) is 61.8 Å². The summed E-state index contributed by atoms with van der Waals surface area (Å²) in [5.41, 5.74) is 5.32. The van der Waals surface area contributed by atoms with E-state index in [1.165, 1.54) is 14.2 Å². The number of Topliss-reactive ketones (excluding diaryl/α,β-unsaturated/α-hetero) is 1. The van der Waals surface area contributed by atoms with Gasteiger partial charge in [0.25, 0.3) is 0 Å². The third-order valence-electron chi connectivity index (χ3n) is 11.8. The van der Waals surface area contributed by atoms with E-state index in [1.807, 2.05) is 36.8 Å². The van der Waals surface area contributed by atoms with Gasteiger partial charge in [-0.15, -0.1) is 0 Å². The Morgan fingerprint density at radius 3 is 2.45 bits per heavy atom. The van der Waals surface area contributed by atoms with E-state index in [-0.39, 0.29) is 36.1 Å². The van der Waals surface area contributed by atoms with E-state index >= 15 is 0 Å². The van der Waals surface area contributed by atoms with Crippen LogP contribution in [0.2, 0.25) is 0 Å². The molecule has 0 spiro atoms. The van der Waals surface area contributed by atoms with Crippen LogP contribution in [0.5, 0.6) is 0 Å². The zero-order chi connectivity index (χ0) is 38.3. The van der Waals surface area contributed by atoms with E-state index < -0.39 is 29.6 Å². The molecule has 286 valence electrons. The fourth-order valence-electron chi connectivity index (χ4n) is 8.94. The lowest BCUT2D eigenvalue weighted by Gasteiger charge is -2.31. The van der Waals surface area contributed by atoms with Gasteiger partial charge < -0.3 is 39.5 Å². The van der Waals surface area contributed by atoms with Crippen molar-refractivity contribution in [3.8, 4) is 0 Å². The number of benzene rings is 1. The van der Waals surface area contributed by atoms with Crippen molar-refractivity contribution >= 4 is 29.5 Å². The zero-order valence-corrected chi connectivity index (χ0v) is 31.2. The van der Waals surface area contributed by atoms with Crippen molar-refractivity contribution in [2.45, 2.75) is 87.4 Å². The Kier molecular flexibility index (Phi) is 9.66. The number of rotatable bonds is 8. The van der Waals surface area contributed by atoms with E-state index in [4.69, 9.17) is 19.4 Å². The third-order valence-corrected chi connectivity index (χ3v) is 11.8. The van der Waals surface area contributed by atoms with Crippen LogP contribution in [0.3, 0.4) is 0 Å². The summed E-state index contributed by atoms with van der Waals surface area (Å²) in [7, 11) is 2.60. The number of likely N-dealkylation sites (tertiary alicyclic amines) is 1. The predicted octanol–water partition coefficient (Wildman–Crippen LogP) is 5.18. The highest BCUT2D eigenvalue weighted by Crippen LogP contribution is 2.44. The molecule has 55 heavy (non-hydrogen) atoms. The van der Waals surface area contributed by atoms with Crippen molar-refractivity contribution in [1.29, 1.82) is 0 Å². The minimum absolute atomic E-state index is 0.0652. The van der Waals surface area contributed by atoms with Gasteiger partial charge >= 0.3 is 12.2 Å². The van der Waals surface area contributed by atoms with Crippen LogP contribution >= 0.6 is 0 Å². The first-order chi connectivity index (χ1) is 26.7. The maximum atomic E-state index is 14.1. The smallest absolute Gasteiger partial charge is 0.407 e. The van der Waals surface area contributed by atoms with Crippen LogP contribution in [0.4, 0.5) is 9.59 Å². The number of ether oxygens (including phenoxy) is 2. The molecule has 0 saturated carbocycles. The third kappa shape index (κ3) is 6.63. The number of methoxy groups -OCH3 is 2. The van der Waals surface area contributed by atoms with E-state index in [0.29, 0.717) is 37.6 Å². The zero-order valence-electron chi connectivity index (χ0n) is 31.2. The lowest BCUT2D eigenvalue weighted by atomic mass is 9.74. The summed E-state index contributed by atoms with van der Waals surface area (Å²) in [5, 5.41) is 5.51. The van der Waals surface area contributed by atoms with Crippen LogP contribution in [-0.4, -0.2) is 86.1 Å². The molecular weight excluding hydrogens is 701 g/mol. The molecule has 8 rings (SSSR count). The predicted molar refractivity (Wildman–Crippen MR) is 202 cm³/mol. The van der Waals surface area contributed by atoms with Gasteiger partial charge in [0.05, 0.1) is 43.0 Å². The number of nitrogens with zero attached hydrogens (tertiary/aromatic N) is 4. The van der Waals surface area contributed by atoms with E-state index in [0.717, 1.165) is 53.0 Å². The quantitative estimate of drug-likeness (QED) is 0.191. The minimum Gasteiger partial charge on any atom is -0.453 e. The van der Waals surface area contributed by atoms with Crippen LogP contribution < -0.4 is 10.6 Å². The Bertz CT molecular complexity index is 2170.